The van der Waals surface area contributed by atoms with Gasteiger partial charge in [-0.05, 0) is 55.3 Å². The number of halogens is 6. The topological polar surface area (TPSA) is 47.6 Å². The Morgan fingerprint density at radius 2 is 1.50 bits per heavy atom. The third kappa shape index (κ3) is 6.09. The number of rotatable bonds is 7. The molecule has 0 radical (unpaired) electrons. The van der Waals surface area contributed by atoms with Gasteiger partial charge < -0.3 is 14.8 Å². The van der Waals surface area contributed by atoms with Gasteiger partial charge >= 0.3 is 18.3 Å². The van der Waals surface area contributed by atoms with E-state index in [2.05, 4.69) is 5.32 Å². The number of carbonyl (C=O) groups is 1. The number of carbonyl (C=O) groups excluding carboxylic acids is 1. The van der Waals surface area contributed by atoms with E-state index in [0.29, 0.717) is 25.9 Å². The lowest BCUT2D eigenvalue weighted by Crippen LogP contribution is -2.45. The smallest absolute Gasteiger partial charge is 0.416 e. The molecule has 10 heteroatoms. The van der Waals surface area contributed by atoms with Crippen molar-refractivity contribution in [3.63, 3.8) is 0 Å². The first-order chi connectivity index (χ1) is 15.9. The summed E-state index contributed by atoms with van der Waals surface area (Å²) in [6, 6.07) is 10.5. The van der Waals surface area contributed by atoms with Crippen LogP contribution in [0.4, 0.5) is 26.3 Å². The van der Waals surface area contributed by atoms with Crippen LogP contribution in [-0.2, 0) is 32.0 Å². The number of hydrogen-bond acceptors (Lipinski definition) is 4. The average molecular weight is 489 g/mol. The summed E-state index contributed by atoms with van der Waals surface area (Å²) in [6.07, 6.45) is -10.3. The lowest BCUT2D eigenvalue weighted by Gasteiger charge is -2.44. The molecule has 2 aromatic carbocycles. The van der Waals surface area contributed by atoms with Crippen LogP contribution < -0.4 is 5.32 Å². The molecule has 1 heterocycles. The fourth-order valence-corrected chi connectivity index (χ4v) is 4.40. The highest BCUT2D eigenvalue weighted by molar-refractivity contribution is 5.65. The predicted molar refractivity (Wildman–Crippen MR) is 112 cm³/mol. The van der Waals surface area contributed by atoms with Crippen LogP contribution in [0.5, 0.6) is 0 Å². The summed E-state index contributed by atoms with van der Waals surface area (Å²) in [4.78, 5) is 11.1. The Labute approximate surface area is 193 Å². The summed E-state index contributed by atoms with van der Waals surface area (Å²) >= 11 is 0. The van der Waals surface area contributed by atoms with Crippen LogP contribution >= 0.6 is 0 Å². The van der Waals surface area contributed by atoms with Crippen LogP contribution in [0.2, 0.25) is 0 Å². The molecule has 4 nitrogen and oxygen atoms in total. The van der Waals surface area contributed by atoms with Gasteiger partial charge in [-0.15, -0.1) is 0 Å². The molecule has 1 atom stereocenters. The number of alkyl halides is 6. The molecule has 0 spiro atoms. The Morgan fingerprint density at radius 1 is 0.941 bits per heavy atom. The molecule has 3 rings (SSSR count). The zero-order valence-corrected chi connectivity index (χ0v) is 18.4. The van der Waals surface area contributed by atoms with Crippen molar-refractivity contribution in [2.75, 3.05) is 26.3 Å². The molecule has 1 N–H and O–H groups in total. The largest absolute Gasteiger partial charge is 0.463 e. The molecular weight excluding hydrogens is 464 g/mol. The highest BCUT2D eigenvalue weighted by Crippen LogP contribution is 2.48. The van der Waals surface area contributed by atoms with Gasteiger partial charge in [0.25, 0.3) is 0 Å². The Balaban J connectivity index is 2.16. The summed E-state index contributed by atoms with van der Waals surface area (Å²) in [7, 11) is 0. The van der Waals surface area contributed by atoms with Crippen molar-refractivity contribution in [1.29, 1.82) is 0 Å². The molecule has 1 fully saturated rings. The second-order valence-corrected chi connectivity index (χ2v) is 8.20. The summed E-state index contributed by atoms with van der Waals surface area (Å²) in [5, 5.41) is 3.18. The quantitative estimate of drug-likeness (QED) is 0.310. The maximum absolute atomic E-state index is 13.6. The van der Waals surface area contributed by atoms with Crippen molar-refractivity contribution < 1.29 is 40.6 Å². The summed E-state index contributed by atoms with van der Waals surface area (Å²) in [6.45, 7) is 1.83. The zero-order chi connectivity index (χ0) is 25.0. The molecule has 1 aliphatic heterocycles. The van der Waals surface area contributed by atoms with E-state index < -0.39 is 41.0 Å². The lowest BCUT2D eigenvalue weighted by atomic mass is 9.67. The van der Waals surface area contributed by atoms with E-state index in [-0.39, 0.29) is 24.8 Å². The minimum atomic E-state index is -4.98. The first-order valence-corrected chi connectivity index (χ1v) is 10.7. The van der Waals surface area contributed by atoms with E-state index >= 15 is 0 Å². The number of esters is 1. The Morgan fingerprint density at radius 3 is 2.00 bits per heavy atom. The van der Waals surface area contributed by atoms with Crippen LogP contribution in [0.1, 0.15) is 48.1 Å². The van der Waals surface area contributed by atoms with Crippen LogP contribution in [0, 0.1) is 0 Å². The minimum Gasteiger partial charge on any atom is -0.463 e. The van der Waals surface area contributed by atoms with Crippen LogP contribution in [0.3, 0.4) is 0 Å². The normalized spacial score (nSPS) is 17.3. The highest BCUT2D eigenvalue weighted by Gasteiger charge is 2.45. The number of ether oxygens (including phenoxy) is 2. The van der Waals surface area contributed by atoms with E-state index in [0.717, 1.165) is 17.7 Å². The monoisotopic (exact) mass is 489 g/mol. The van der Waals surface area contributed by atoms with Gasteiger partial charge in [0, 0.05) is 12.3 Å². The minimum absolute atomic E-state index is 0.108. The average Bonchev–Trinajstić information content (AvgIpc) is 2.78. The Hall–Kier alpha value is -2.59. The molecule has 0 bridgehead atoms. The second-order valence-electron chi connectivity index (χ2n) is 8.20. The number of hydrogen-bond donors (Lipinski definition) is 1. The molecule has 186 valence electrons. The molecule has 0 aromatic heterocycles. The molecule has 34 heavy (non-hydrogen) atoms. The maximum Gasteiger partial charge on any atom is 0.416 e. The molecule has 0 amide bonds. The number of benzene rings is 2. The molecule has 2 aromatic rings. The molecule has 0 saturated carbocycles. The predicted octanol–water partition coefficient (Wildman–Crippen LogP) is 5.67. The van der Waals surface area contributed by atoms with Crippen molar-refractivity contribution in [3.8, 4) is 0 Å². The van der Waals surface area contributed by atoms with Gasteiger partial charge in [0.15, 0.2) is 0 Å². The van der Waals surface area contributed by atoms with E-state index in [1.54, 1.807) is 30.3 Å². The van der Waals surface area contributed by atoms with E-state index in [9.17, 15) is 31.1 Å². The van der Waals surface area contributed by atoms with Gasteiger partial charge in [0.05, 0.1) is 23.8 Å². The van der Waals surface area contributed by atoms with Crippen molar-refractivity contribution in [2.45, 2.75) is 43.6 Å². The van der Waals surface area contributed by atoms with E-state index in [1.165, 1.54) is 6.92 Å². The SMILES string of the molecule is CC(=O)OCCOC(c1cc(C(F)(F)F)cc(C(F)(F)F)c1)C1(c2ccccc2)CCNCC1. The van der Waals surface area contributed by atoms with Gasteiger partial charge in [-0.1, -0.05) is 30.3 Å². The Kier molecular flexibility index (Phi) is 7.92. The molecule has 1 unspecified atom stereocenters. The fraction of sp³-hybridized carbons (Fsp3) is 0.458. The van der Waals surface area contributed by atoms with Gasteiger partial charge in [-0.3, -0.25) is 4.79 Å². The summed E-state index contributed by atoms with van der Waals surface area (Å²) < 4.78 is 92.3. The van der Waals surface area contributed by atoms with Gasteiger partial charge in [-0.25, -0.2) is 0 Å². The Bertz CT molecular complexity index is 937. The van der Waals surface area contributed by atoms with Crippen LogP contribution in [-0.4, -0.2) is 32.3 Å². The third-order valence-corrected chi connectivity index (χ3v) is 5.93. The molecule has 1 aliphatic rings. The second kappa shape index (κ2) is 10.4. The zero-order valence-electron chi connectivity index (χ0n) is 18.4. The van der Waals surface area contributed by atoms with E-state index in [1.807, 2.05) is 0 Å². The standard InChI is InChI=1S/C24H25F6NO3/c1-16(32)33-11-12-34-21(22(7-9-31-10-8-22)18-5-3-2-4-6-18)17-13-19(23(25,26)27)15-20(14-17)24(28,29)30/h2-6,13-15,21,31H,7-12H2,1H3. The third-order valence-electron chi connectivity index (χ3n) is 5.93. The van der Waals surface area contributed by atoms with Crippen molar-refractivity contribution in [1.82, 2.24) is 5.32 Å². The lowest BCUT2D eigenvalue weighted by molar-refractivity contribution is -0.146. The fourth-order valence-electron chi connectivity index (χ4n) is 4.40. The molecule has 0 aliphatic carbocycles. The molecular formula is C24H25F6NO3. The van der Waals surface area contributed by atoms with Crippen molar-refractivity contribution in [3.05, 3.63) is 70.8 Å². The maximum atomic E-state index is 13.6. The van der Waals surface area contributed by atoms with Crippen molar-refractivity contribution >= 4 is 5.97 Å². The number of nitrogens with one attached hydrogen (secondary N) is 1. The van der Waals surface area contributed by atoms with Gasteiger partial charge in [0.2, 0.25) is 0 Å². The highest BCUT2D eigenvalue weighted by atomic mass is 19.4. The van der Waals surface area contributed by atoms with Crippen LogP contribution in [0.25, 0.3) is 0 Å². The first kappa shape index (κ1) is 26.0. The van der Waals surface area contributed by atoms with Crippen LogP contribution in [0.15, 0.2) is 48.5 Å². The van der Waals surface area contributed by atoms with Gasteiger partial charge in [-0.2, -0.15) is 26.3 Å². The van der Waals surface area contributed by atoms with Crippen molar-refractivity contribution in [2.24, 2.45) is 0 Å². The summed E-state index contributed by atoms with van der Waals surface area (Å²) in [5.74, 6) is -0.571. The van der Waals surface area contributed by atoms with E-state index in [4.69, 9.17) is 9.47 Å². The first-order valence-electron chi connectivity index (χ1n) is 10.7. The van der Waals surface area contributed by atoms with Gasteiger partial charge in [0.1, 0.15) is 6.61 Å². The summed E-state index contributed by atoms with van der Waals surface area (Å²) in [5.41, 5.74) is -3.17. The number of piperidine rings is 1. The molecule has 1 saturated heterocycles.